The third kappa shape index (κ3) is 3.37. The highest BCUT2D eigenvalue weighted by Crippen LogP contribution is 2.43. The number of rotatable bonds is 3. The maximum atomic E-state index is 12.1. The smallest absolute Gasteiger partial charge is 0.408 e. The number of aromatic nitrogens is 2. The molecule has 2 heterocycles. The molecule has 1 atom stereocenters. The molecule has 2 aromatic rings. The van der Waals surface area contributed by atoms with Crippen molar-refractivity contribution in [2.75, 3.05) is 6.54 Å². The molecule has 1 aromatic heterocycles. The molecule has 2 aliphatic rings. The van der Waals surface area contributed by atoms with Crippen LogP contribution in [0.15, 0.2) is 30.3 Å². The van der Waals surface area contributed by atoms with Crippen molar-refractivity contribution in [1.82, 2.24) is 14.9 Å². The molecule has 148 valence electrons. The van der Waals surface area contributed by atoms with E-state index in [4.69, 9.17) is 16.6 Å². The topological polar surface area (TPSA) is 66.3 Å². The summed E-state index contributed by atoms with van der Waals surface area (Å²) in [6.07, 6.45) is 3.88. The van der Waals surface area contributed by atoms with E-state index < -0.39 is 11.6 Å². The molecular formula is C22H26ClN3O2. The lowest BCUT2D eigenvalue weighted by Crippen LogP contribution is -2.47. The van der Waals surface area contributed by atoms with E-state index in [9.17, 15) is 9.90 Å². The van der Waals surface area contributed by atoms with Crippen LogP contribution in [0.2, 0.25) is 5.15 Å². The molecule has 0 unspecified atom stereocenters. The highest BCUT2D eigenvalue weighted by atomic mass is 35.5. The van der Waals surface area contributed by atoms with Gasteiger partial charge in [0, 0.05) is 24.2 Å². The number of hydrogen-bond donors (Lipinski definition) is 1. The van der Waals surface area contributed by atoms with E-state index in [0.29, 0.717) is 30.4 Å². The van der Waals surface area contributed by atoms with Crippen molar-refractivity contribution in [3.05, 3.63) is 58.1 Å². The number of hydrogen-bond acceptors (Lipinski definition) is 3. The van der Waals surface area contributed by atoms with Crippen LogP contribution in [0.1, 0.15) is 55.8 Å². The Morgan fingerprint density at radius 3 is 2.68 bits per heavy atom. The van der Waals surface area contributed by atoms with Gasteiger partial charge in [0.15, 0.2) is 5.82 Å². The van der Waals surface area contributed by atoms with Gasteiger partial charge >= 0.3 is 6.09 Å². The van der Waals surface area contributed by atoms with Crippen LogP contribution in [0.4, 0.5) is 4.79 Å². The van der Waals surface area contributed by atoms with E-state index in [-0.39, 0.29) is 5.41 Å². The van der Waals surface area contributed by atoms with E-state index in [2.05, 4.69) is 18.8 Å². The van der Waals surface area contributed by atoms with E-state index >= 15 is 0 Å². The molecule has 4 rings (SSSR count). The first-order valence-corrected chi connectivity index (χ1v) is 10.3. The Bertz CT molecular complexity index is 900. The summed E-state index contributed by atoms with van der Waals surface area (Å²) in [6, 6.07) is 9.98. The fourth-order valence-electron chi connectivity index (χ4n) is 4.70. The maximum absolute atomic E-state index is 12.1. The van der Waals surface area contributed by atoms with Crippen molar-refractivity contribution in [3.63, 3.8) is 0 Å². The van der Waals surface area contributed by atoms with Crippen molar-refractivity contribution in [1.29, 1.82) is 0 Å². The lowest BCUT2D eigenvalue weighted by molar-refractivity contribution is 0.0955. The van der Waals surface area contributed by atoms with Crippen LogP contribution in [0, 0.1) is 5.41 Å². The zero-order chi connectivity index (χ0) is 19.9. The molecule has 1 aliphatic carbocycles. The predicted octanol–water partition coefficient (Wildman–Crippen LogP) is 4.86. The van der Waals surface area contributed by atoms with E-state index in [1.807, 2.05) is 30.3 Å². The minimum absolute atomic E-state index is 0.184. The highest BCUT2D eigenvalue weighted by molar-refractivity contribution is 6.30. The van der Waals surface area contributed by atoms with Gasteiger partial charge in [-0.3, -0.25) is 4.90 Å². The number of halogens is 1. The van der Waals surface area contributed by atoms with Crippen molar-refractivity contribution in [2.45, 2.75) is 57.9 Å². The summed E-state index contributed by atoms with van der Waals surface area (Å²) in [5.41, 5.74) is 2.51. The first-order chi connectivity index (χ1) is 13.3. The number of benzene rings is 1. The minimum Gasteiger partial charge on any atom is -0.465 e. The van der Waals surface area contributed by atoms with Crippen LogP contribution in [-0.4, -0.2) is 32.6 Å². The lowest BCUT2D eigenvalue weighted by Gasteiger charge is -2.37. The molecule has 0 radical (unpaired) electrons. The second-order valence-electron chi connectivity index (χ2n) is 8.84. The quantitative estimate of drug-likeness (QED) is 0.748. The van der Waals surface area contributed by atoms with Crippen LogP contribution < -0.4 is 0 Å². The number of carbonyl (C=O) groups is 1. The minimum atomic E-state index is -0.924. The predicted molar refractivity (Wildman–Crippen MR) is 109 cm³/mol. The second-order valence-corrected chi connectivity index (χ2v) is 9.19. The molecular weight excluding hydrogens is 374 g/mol. The fourth-order valence-corrected chi connectivity index (χ4v) is 4.96. The SMILES string of the molecule is CC1(C)CCc2nc([C@@]3(Cc4ccccc4)CCCN3C(=O)O)nc(Cl)c2C1. The summed E-state index contributed by atoms with van der Waals surface area (Å²) in [6.45, 7) is 4.97. The highest BCUT2D eigenvalue weighted by Gasteiger charge is 2.48. The average Bonchev–Trinajstić information content (AvgIpc) is 3.07. The Hall–Kier alpha value is -2.14. The van der Waals surface area contributed by atoms with Gasteiger partial charge in [0.25, 0.3) is 0 Å². The molecule has 1 aromatic carbocycles. The zero-order valence-electron chi connectivity index (χ0n) is 16.4. The van der Waals surface area contributed by atoms with Crippen molar-refractivity contribution in [3.8, 4) is 0 Å². The first kappa shape index (κ1) is 19.2. The summed E-state index contributed by atoms with van der Waals surface area (Å²) < 4.78 is 0. The fraction of sp³-hybridized carbons (Fsp3) is 0.500. The summed E-state index contributed by atoms with van der Waals surface area (Å²) in [5.74, 6) is 0.555. The van der Waals surface area contributed by atoms with Crippen LogP contribution in [-0.2, 0) is 24.8 Å². The first-order valence-electron chi connectivity index (χ1n) is 9.91. The summed E-state index contributed by atoms with van der Waals surface area (Å²) in [5, 5.41) is 10.4. The number of likely N-dealkylation sites (tertiary alicyclic amines) is 1. The molecule has 6 heteroatoms. The third-order valence-corrected chi connectivity index (χ3v) is 6.52. The van der Waals surface area contributed by atoms with Crippen molar-refractivity contribution >= 4 is 17.7 Å². The second kappa shape index (κ2) is 7.03. The Kier molecular flexibility index (Phi) is 4.82. The van der Waals surface area contributed by atoms with Crippen molar-refractivity contribution in [2.24, 2.45) is 5.41 Å². The Labute approximate surface area is 170 Å². The van der Waals surface area contributed by atoms with E-state index in [1.54, 1.807) is 0 Å². The molecule has 1 fully saturated rings. The van der Waals surface area contributed by atoms with Crippen LogP contribution in [0.3, 0.4) is 0 Å². The van der Waals surface area contributed by atoms with Gasteiger partial charge in [0.1, 0.15) is 10.7 Å². The lowest BCUT2D eigenvalue weighted by atomic mass is 9.76. The molecule has 0 saturated carbocycles. The molecule has 1 saturated heterocycles. The van der Waals surface area contributed by atoms with Crippen LogP contribution >= 0.6 is 11.6 Å². The number of aryl methyl sites for hydroxylation is 1. The third-order valence-electron chi connectivity index (χ3n) is 6.21. The summed E-state index contributed by atoms with van der Waals surface area (Å²) >= 11 is 6.63. The molecule has 1 amide bonds. The number of nitrogens with zero attached hydrogens (tertiary/aromatic N) is 3. The molecule has 0 bridgehead atoms. The van der Waals surface area contributed by atoms with E-state index in [1.165, 1.54) is 4.90 Å². The normalized spacial score (nSPS) is 23.5. The number of fused-ring (bicyclic) bond motifs is 1. The molecule has 0 spiro atoms. The van der Waals surface area contributed by atoms with Crippen LogP contribution in [0.5, 0.6) is 0 Å². The van der Waals surface area contributed by atoms with Gasteiger partial charge in [-0.15, -0.1) is 0 Å². The molecule has 1 aliphatic heterocycles. The van der Waals surface area contributed by atoms with Gasteiger partial charge in [0.2, 0.25) is 0 Å². The van der Waals surface area contributed by atoms with Gasteiger partial charge < -0.3 is 5.11 Å². The van der Waals surface area contributed by atoms with Crippen molar-refractivity contribution < 1.29 is 9.90 Å². The maximum Gasteiger partial charge on any atom is 0.408 e. The number of amides is 1. The average molecular weight is 400 g/mol. The van der Waals surface area contributed by atoms with Gasteiger partial charge in [-0.05, 0) is 43.1 Å². The summed E-state index contributed by atoms with van der Waals surface area (Å²) in [4.78, 5) is 23.2. The van der Waals surface area contributed by atoms with Gasteiger partial charge in [0.05, 0.1) is 0 Å². The molecule has 1 N–H and O–H groups in total. The Morgan fingerprint density at radius 2 is 1.96 bits per heavy atom. The van der Waals surface area contributed by atoms with Crippen LogP contribution in [0.25, 0.3) is 0 Å². The van der Waals surface area contributed by atoms with Gasteiger partial charge in [-0.2, -0.15) is 0 Å². The standard InChI is InChI=1S/C22H26ClN3O2/c1-21(2)11-9-17-16(14-21)18(23)25-19(24-17)22(10-6-12-26(22)20(27)28)13-15-7-4-3-5-8-15/h3-5,7-8H,6,9-14H2,1-2H3,(H,27,28)/t22-/m0/s1. The monoisotopic (exact) mass is 399 g/mol. The van der Waals surface area contributed by atoms with E-state index in [0.717, 1.165) is 42.5 Å². The zero-order valence-corrected chi connectivity index (χ0v) is 17.2. The van der Waals surface area contributed by atoms with Gasteiger partial charge in [-0.25, -0.2) is 14.8 Å². The largest absolute Gasteiger partial charge is 0.465 e. The van der Waals surface area contributed by atoms with Gasteiger partial charge in [-0.1, -0.05) is 55.8 Å². The molecule has 5 nitrogen and oxygen atoms in total. The summed E-state index contributed by atoms with van der Waals surface area (Å²) in [7, 11) is 0. The number of carboxylic acid groups (broad SMARTS) is 1. The molecule has 28 heavy (non-hydrogen) atoms. The Morgan fingerprint density at radius 1 is 1.21 bits per heavy atom. The Balaban J connectivity index is 1.82.